The van der Waals surface area contributed by atoms with Crippen LogP contribution < -0.4 is 5.56 Å². The third-order valence-corrected chi connectivity index (χ3v) is 4.98. The van der Waals surface area contributed by atoms with Crippen molar-refractivity contribution in [2.75, 3.05) is 13.1 Å². The van der Waals surface area contributed by atoms with E-state index < -0.39 is 30.2 Å². The number of nitrogens with zero attached hydrogens (tertiary/aromatic N) is 2. The summed E-state index contributed by atoms with van der Waals surface area (Å²) in [5.74, 6) is -3.07. The minimum atomic E-state index is -2.76. The second kappa shape index (κ2) is 7.32. The summed E-state index contributed by atoms with van der Waals surface area (Å²) in [5.41, 5.74) is -0.193. The van der Waals surface area contributed by atoms with Crippen LogP contribution in [0.2, 0.25) is 10.0 Å². The minimum absolute atomic E-state index is 0.0950. The average Bonchev–Trinajstić information content (AvgIpc) is 2.58. The molecule has 0 atom stereocenters. The first-order chi connectivity index (χ1) is 12.3. The summed E-state index contributed by atoms with van der Waals surface area (Å²) in [6.45, 7) is -0.190. The van der Waals surface area contributed by atoms with Gasteiger partial charge in [-0.25, -0.2) is 13.8 Å². The molecule has 138 valence electrons. The summed E-state index contributed by atoms with van der Waals surface area (Å²) in [5, 5.41) is 0.879. The van der Waals surface area contributed by atoms with Crippen molar-refractivity contribution >= 4 is 29.1 Å². The van der Waals surface area contributed by atoms with E-state index in [0.717, 1.165) is 6.20 Å². The third kappa shape index (κ3) is 4.04. The molecule has 1 fully saturated rings. The molecule has 2 heterocycles. The number of aromatic nitrogens is 2. The molecule has 1 aromatic heterocycles. The Morgan fingerprint density at radius 3 is 2.42 bits per heavy atom. The molecule has 1 aliphatic rings. The molecule has 0 saturated carbocycles. The molecule has 0 spiro atoms. The van der Waals surface area contributed by atoms with E-state index >= 15 is 0 Å². The number of nitrogens with one attached hydrogen (secondary N) is 1. The summed E-state index contributed by atoms with van der Waals surface area (Å²) in [6, 6.07) is 5.05. The van der Waals surface area contributed by atoms with Gasteiger partial charge in [-0.1, -0.05) is 29.3 Å². The van der Waals surface area contributed by atoms with Gasteiger partial charge in [0.05, 0.1) is 0 Å². The zero-order valence-corrected chi connectivity index (χ0v) is 15.1. The Kier molecular flexibility index (Phi) is 5.29. The molecular formula is C17H15Cl2F2N3O2. The number of benzene rings is 1. The number of alkyl halides is 2. The number of carbonyl (C=O) groups excluding carboxylic acids is 1. The van der Waals surface area contributed by atoms with Gasteiger partial charge in [-0.2, -0.15) is 0 Å². The summed E-state index contributed by atoms with van der Waals surface area (Å²) in [6.07, 6.45) is 0.534. The quantitative estimate of drug-likeness (QED) is 0.854. The maximum Gasteiger partial charge on any atom is 0.263 e. The first-order valence-corrected chi connectivity index (χ1v) is 8.70. The van der Waals surface area contributed by atoms with Crippen LogP contribution in [0.25, 0.3) is 0 Å². The van der Waals surface area contributed by atoms with Gasteiger partial charge < -0.3 is 9.88 Å². The molecule has 0 bridgehead atoms. The first-order valence-electron chi connectivity index (χ1n) is 7.95. The van der Waals surface area contributed by atoms with Gasteiger partial charge in [-0.05, 0) is 17.7 Å². The lowest BCUT2D eigenvalue weighted by atomic mass is 10.1. The summed E-state index contributed by atoms with van der Waals surface area (Å²) >= 11 is 12.2. The van der Waals surface area contributed by atoms with Crippen LogP contribution in [-0.4, -0.2) is 39.8 Å². The maximum atomic E-state index is 13.2. The van der Waals surface area contributed by atoms with Crippen LogP contribution in [0.3, 0.4) is 0 Å². The lowest BCUT2D eigenvalue weighted by Gasteiger charge is -2.31. The molecule has 1 N–H and O–H groups in total. The van der Waals surface area contributed by atoms with E-state index in [1.165, 1.54) is 4.90 Å². The van der Waals surface area contributed by atoms with E-state index in [4.69, 9.17) is 23.2 Å². The van der Waals surface area contributed by atoms with Gasteiger partial charge in [0, 0.05) is 48.6 Å². The van der Waals surface area contributed by atoms with Crippen molar-refractivity contribution < 1.29 is 13.6 Å². The van der Waals surface area contributed by atoms with E-state index in [9.17, 15) is 18.4 Å². The molecule has 0 aliphatic carbocycles. The van der Waals surface area contributed by atoms with Crippen LogP contribution >= 0.6 is 23.2 Å². The van der Waals surface area contributed by atoms with E-state index in [2.05, 4.69) is 9.97 Å². The Hall–Kier alpha value is -1.99. The second-order valence-corrected chi connectivity index (χ2v) is 6.91. The number of amides is 1. The standard InChI is InChI=1S/C17H15Cl2F2N3O2/c18-12-2-1-3-13(19)10(12)8-14-22-9-11(15(25)23-14)16(26)24-6-4-17(20,21)5-7-24/h1-3,9H,4-8H2,(H,22,23,25). The van der Waals surface area contributed by atoms with Crippen molar-refractivity contribution in [3.63, 3.8) is 0 Å². The fourth-order valence-corrected chi connectivity index (χ4v) is 3.28. The molecule has 5 nitrogen and oxygen atoms in total. The summed E-state index contributed by atoms with van der Waals surface area (Å²) in [7, 11) is 0. The van der Waals surface area contributed by atoms with Gasteiger partial charge in [0.2, 0.25) is 0 Å². The Labute approximate surface area is 157 Å². The average molecular weight is 402 g/mol. The molecule has 2 aromatic rings. The largest absolute Gasteiger partial charge is 0.338 e. The highest BCUT2D eigenvalue weighted by atomic mass is 35.5. The zero-order chi connectivity index (χ0) is 18.9. The van der Waals surface area contributed by atoms with Crippen molar-refractivity contribution in [3.05, 3.63) is 61.7 Å². The van der Waals surface area contributed by atoms with Crippen LogP contribution in [-0.2, 0) is 6.42 Å². The van der Waals surface area contributed by atoms with E-state index in [0.29, 0.717) is 21.4 Å². The van der Waals surface area contributed by atoms with Crippen molar-refractivity contribution in [1.29, 1.82) is 0 Å². The fraction of sp³-hybridized carbons (Fsp3) is 0.353. The lowest BCUT2D eigenvalue weighted by Crippen LogP contribution is -2.44. The monoisotopic (exact) mass is 401 g/mol. The summed E-state index contributed by atoms with van der Waals surface area (Å²) in [4.78, 5) is 32.5. The van der Waals surface area contributed by atoms with E-state index in [1.807, 2.05) is 0 Å². The highest BCUT2D eigenvalue weighted by Crippen LogP contribution is 2.28. The normalized spacial score (nSPS) is 16.5. The van der Waals surface area contributed by atoms with Crippen LogP contribution in [0.1, 0.15) is 34.6 Å². The van der Waals surface area contributed by atoms with Crippen molar-refractivity contribution in [1.82, 2.24) is 14.9 Å². The minimum Gasteiger partial charge on any atom is -0.338 e. The zero-order valence-electron chi connectivity index (χ0n) is 13.6. The van der Waals surface area contributed by atoms with Crippen LogP contribution in [0.4, 0.5) is 8.78 Å². The molecule has 1 aromatic carbocycles. The van der Waals surface area contributed by atoms with Gasteiger partial charge in [0.15, 0.2) is 0 Å². The second-order valence-electron chi connectivity index (χ2n) is 6.10. The van der Waals surface area contributed by atoms with Crippen molar-refractivity contribution in [2.24, 2.45) is 0 Å². The van der Waals surface area contributed by atoms with Gasteiger partial charge in [-0.15, -0.1) is 0 Å². The molecule has 1 amide bonds. The number of piperidine rings is 1. The molecule has 0 radical (unpaired) electrons. The van der Waals surface area contributed by atoms with Gasteiger partial charge in [0.1, 0.15) is 11.4 Å². The smallest absolute Gasteiger partial charge is 0.263 e. The Balaban J connectivity index is 1.78. The van der Waals surface area contributed by atoms with E-state index in [1.54, 1.807) is 18.2 Å². The number of H-pyrrole nitrogens is 1. The van der Waals surface area contributed by atoms with Crippen molar-refractivity contribution in [2.45, 2.75) is 25.2 Å². The lowest BCUT2D eigenvalue weighted by molar-refractivity contribution is -0.0494. The molecule has 0 unspecified atom stereocenters. The molecular weight excluding hydrogens is 387 g/mol. The van der Waals surface area contributed by atoms with Gasteiger partial charge >= 0.3 is 0 Å². The first kappa shape index (κ1) is 18.8. The van der Waals surface area contributed by atoms with Gasteiger partial charge in [-0.3, -0.25) is 9.59 Å². The van der Waals surface area contributed by atoms with Crippen LogP contribution in [0.5, 0.6) is 0 Å². The number of rotatable bonds is 3. The highest BCUT2D eigenvalue weighted by Gasteiger charge is 2.36. The Morgan fingerprint density at radius 1 is 1.23 bits per heavy atom. The summed E-state index contributed by atoms with van der Waals surface area (Å²) < 4.78 is 26.4. The molecule has 26 heavy (non-hydrogen) atoms. The Morgan fingerprint density at radius 2 is 1.85 bits per heavy atom. The SMILES string of the molecule is O=C(c1cnc(Cc2c(Cl)cccc2Cl)[nH]c1=O)N1CCC(F)(F)CC1. The number of hydrogen-bond donors (Lipinski definition) is 1. The number of hydrogen-bond acceptors (Lipinski definition) is 3. The van der Waals surface area contributed by atoms with E-state index in [-0.39, 0.29) is 25.1 Å². The number of halogens is 4. The van der Waals surface area contributed by atoms with Crippen LogP contribution in [0.15, 0.2) is 29.2 Å². The third-order valence-electron chi connectivity index (χ3n) is 4.27. The number of aromatic amines is 1. The maximum absolute atomic E-state index is 13.2. The molecule has 3 rings (SSSR count). The number of likely N-dealkylation sites (tertiary alicyclic amines) is 1. The molecule has 1 aliphatic heterocycles. The predicted molar refractivity (Wildman–Crippen MR) is 94.2 cm³/mol. The Bertz CT molecular complexity index is 872. The topological polar surface area (TPSA) is 66.1 Å². The number of carbonyl (C=O) groups is 1. The van der Waals surface area contributed by atoms with Crippen molar-refractivity contribution in [3.8, 4) is 0 Å². The van der Waals surface area contributed by atoms with Crippen LogP contribution in [0, 0.1) is 0 Å². The molecule has 1 saturated heterocycles. The van der Waals surface area contributed by atoms with Gasteiger partial charge in [0.25, 0.3) is 17.4 Å². The molecule has 9 heteroatoms. The predicted octanol–water partition coefficient (Wildman–Crippen LogP) is 3.54. The fourth-order valence-electron chi connectivity index (χ4n) is 2.75. The highest BCUT2D eigenvalue weighted by molar-refractivity contribution is 6.36.